The minimum atomic E-state index is -0.356. The number of thioether (sulfide) groups is 1. The Hall–Kier alpha value is -3.13. The van der Waals surface area contributed by atoms with Gasteiger partial charge in [0.25, 0.3) is 5.91 Å². The molecule has 0 atom stereocenters. The second-order valence-electron chi connectivity index (χ2n) is 7.16. The first-order chi connectivity index (χ1) is 16.0. The molecule has 33 heavy (non-hydrogen) atoms. The molecule has 1 heterocycles. The first-order valence-electron chi connectivity index (χ1n) is 10.1. The zero-order valence-corrected chi connectivity index (χ0v) is 19.8. The fourth-order valence-corrected chi connectivity index (χ4v) is 4.47. The number of benzene rings is 3. The Kier molecular flexibility index (Phi) is 7.44. The molecule has 0 radical (unpaired) electrons. The van der Waals surface area contributed by atoms with E-state index in [4.69, 9.17) is 28.6 Å². The molecule has 3 aromatic carbocycles. The summed E-state index contributed by atoms with van der Waals surface area (Å²) in [6.45, 7) is 0.361. The van der Waals surface area contributed by atoms with Crippen LogP contribution in [-0.4, -0.2) is 21.1 Å². The van der Waals surface area contributed by atoms with Crippen molar-refractivity contribution in [1.29, 1.82) is 0 Å². The van der Waals surface area contributed by atoms with Crippen molar-refractivity contribution in [3.05, 3.63) is 105 Å². The highest BCUT2D eigenvalue weighted by molar-refractivity contribution is 8.26. The summed E-state index contributed by atoms with van der Waals surface area (Å²) in [5.41, 5.74) is 5.17. The normalized spacial score (nSPS) is 14.6. The summed E-state index contributed by atoms with van der Waals surface area (Å²) in [5, 5.41) is 1.78. The topological polar surface area (TPSA) is 58.6 Å². The van der Waals surface area contributed by atoms with E-state index in [9.17, 15) is 9.59 Å². The van der Waals surface area contributed by atoms with Crippen LogP contribution in [0.2, 0.25) is 5.02 Å². The number of rotatable bonds is 7. The average molecular weight is 495 g/mol. The Balaban J connectivity index is 1.36. The fourth-order valence-electron chi connectivity index (χ4n) is 3.10. The number of hydrogen-bond acceptors (Lipinski definition) is 5. The molecule has 2 amide bonds. The molecule has 1 fully saturated rings. The monoisotopic (exact) mass is 494 g/mol. The quantitative estimate of drug-likeness (QED) is 0.352. The molecule has 8 heteroatoms. The van der Waals surface area contributed by atoms with Crippen LogP contribution in [0.3, 0.4) is 0 Å². The van der Waals surface area contributed by atoms with Crippen LogP contribution in [0.4, 0.5) is 0 Å². The van der Waals surface area contributed by atoms with Gasteiger partial charge in [-0.1, -0.05) is 84.0 Å². The van der Waals surface area contributed by atoms with Gasteiger partial charge in [-0.15, -0.1) is 0 Å². The summed E-state index contributed by atoms with van der Waals surface area (Å²) < 4.78 is 6.08. The minimum Gasteiger partial charge on any atom is -0.489 e. The van der Waals surface area contributed by atoms with Crippen molar-refractivity contribution in [3.63, 3.8) is 0 Å². The number of halogens is 1. The maximum absolute atomic E-state index is 12.8. The predicted octanol–water partition coefficient (Wildman–Crippen LogP) is 5.39. The van der Waals surface area contributed by atoms with E-state index in [2.05, 4.69) is 5.43 Å². The predicted molar refractivity (Wildman–Crippen MR) is 136 cm³/mol. The first kappa shape index (κ1) is 23.0. The number of thiocarbonyl (C=S) groups is 1. The Bertz CT molecular complexity index is 1210. The largest absolute Gasteiger partial charge is 0.489 e. The van der Waals surface area contributed by atoms with Crippen LogP contribution in [0, 0.1) is 0 Å². The lowest BCUT2D eigenvalue weighted by Gasteiger charge is -2.15. The molecule has 0 saturated carbocycles. The van der Waals surface area contributed by atoms with Crippen molar-refractivity contribution in [3.8, 4) is 5.75 Å². The van der Waals surface area contributed by atoms with Crippen LogP contribution in [0.1, 0.15) is 16.7 Å². The van der Waals surface area contributed by atoms with E-state index in [1.165, 1.54) is 0 Å². The summed E-state index contributed by atoms with van der Waals surface area (Å²) in [7, 11) is 0. The van der Waals surface area contributed by atoms with Gasteiger partial charge in [-0.25, -0.2) is 0 Å². The second-order valence-corrected chi connectivity index (χ2v) is 9.25. The number of carbonyl (C=O) groups is 2. The Morgan fingerprint density at radius 3 is 2.45 bits per heavy atom. The summed E-state index contributed by atoms with van der Waals surface area (Å²) >= 11 is 12.6. The van der Waals surface area contributed by atoms with E-state index < -0.39 is 0 Å². The molecule has 1 aliphatic rings. The van der Waals surface area contributed by atoms with Crippen LogP contribution < -0.4 is 10.2 Å². The Labute approximate surface area is 206 Å². The average Bonchev–Trinajstić information content (AvgIpc) is 3.07. The van der Waals surface area contributed by atoms with Gasteiger partial charge in [-0.2, -0.15) is 5.01 Å². The number of hydrazine groups is 1. The highest BCUT2D eigenvalue weighted by Crippen LogP contribution is 2.31. The first-order valence-corrected chi connectivity index (χ1v) is 11.7. The van der Waals surface area contributed by atoms with Crippen molar-refractivity contribution >= 4 is 57.8 Å². The SMILES string of the molecule is O=C(Cc1ccccc1)NN1C(=O)C(=Cc2ccc(OCc3ccccc3Cl)cc2)SC1=S. The number of nitrogens with zero attached hydrogens (tertiary/aromatic N) is 1. The van der Waals surface area contributed by atoms with Crippen LogP contribution >= 0.6 is 35.6 Å². The molecule has 0 aliphatic carbocycles. The van der Waals surface area contributed by atoms with E-state index in [0.717, 1.165) is 33.5 Å². The lowest BCUT2D eigenvalue weighted by Crippen LogP contribution is -2.45. The van der Waals surface area contributed by atoms with E-state index >= 15 is 0 Å². The maximum atomic E-state index is 12.8. The molecule has 166 valence electrons. The second kappa shape index (κ2) is 10.7. The molecule has 1 saturated heterocycles. The van der Waals surface area contributed by atoms with Gasteiger partial charge in [-0.05, 0) is 47.6 Å². The molecule has 1 N–H and O–H groups in total. The number of hydrogen-bond donors (Lipinski definition) is 1. The van der Waals surface area contributed by atoms with Gasteiger partial charge in [0, 0.05) is 10.6 Å². The van der Waals surface area contributed by atoms with Gasteiger partial charge in [0.1, 0.15) is 12.4 Å². The molecule has 3 aromatic rings. The molecule has 0 bridgehead atoms. The van der Waals surface area contributed by atoms with Gasteiger partial charge >= 0.3 is 0 Å². The molecular weight excluding hydrogens is 476 g/mol. The number of amides is 2. The third-order valence-electron chi connectivity index (χ3n) is 4.77. The smallest absolute Gasteiger partial charge is 0.285 e. The molecule has 0 spiro atoms. The van der Waals surface area contributed by atoms with Crippen molar-refractivity contribution in [2.45, 2.75) is 13.0 Å². The van der Waals surface area contributed by atoms with E-state index in [-0.39, 0.29) is 22.6 Å². The summed E-state index contributed by atoms with van der Waals surface area (Å²) in [5.74, 6) is 0.0250. The van der Waals surface area contributed by atoms with Crippen molar-refractivity contribution in [2.24, 2.45) is 0 Å². The summed E-state index contributed by atoms with van der Waals surface area (Å²) in [6.07, 6.45) is 1.90. The number of nitrogens with one attached hydrogen (secondary N) is 1. The van der Waals surface area contributed by atoms with E-state index in [0.29, 0.717) is 22.3 Å². The summed E-state index contributed by atoms with van der Waals surface area (Å²) in [4.78, 5) is 25.5. The zero-order chi connectivity index (χ0) is 23.2. The fraction of sp³-hybridized carbons (Fsp3) is 0.0800. The minimum absolute atomic E-state index is 0.159. The van der Waals surface area contributed by atoms with Crippen LogP contribution in [-0.2, 0) is 22.6 Å². The van der Waals surface area contributed by atoms with Gasteiger partial charge in [0.15, 0.2) is 4.32 Å². The lowest BCUT2D eigenvalue weighted by atomic mass is 10.1. The van der Waals surface area contributed by atoms with Gasteiger partial charge < -0.3 is 4.74 Å². The standard InChI is InChI=1S/C25H19ClN2O3S2/c26-21-9-5-4-8-19(21)16-31-20-12-10-18(11-13-20)14-22-24(30)28(25(32)33-22)27-23(29)15-17-6-2-1-3-7-17/h1-14H,15-16H2,(H,27,29). The number of carbonyl (C=O) groups excluding carboxylic acids is 2. The number of ether oxygens (including phenoxy) is 1. The van der Waals surface area contributed by atoms with E-state index in [1.54, 1.807) is 6.08 Å². The molecule has 4 rings (SSSR count). The molecular formula is C25H19ClN2O3S2. The molecule has 1 aliphatic heterocycles. The Morgan fingerprint density at radius 2 is 1.73 bits per heavy atom. The Morgan fingerprint density at radius 1 is 1.03 bits per heavy atom. The van der Waals surface area contributed by atoms with Crippen LogP contribution in [0.15, 0.2) is 83.8 Å². The van der Waals surface area contributed by atoms with Gasteiger partial charge in [-0.3, -0.25) is 15.0 Å². The van der Waals surface area contributed by atoms with Gasteiger partial charge in [0.05, 0.1) is 11.3 Å². The van der Waals surface area contributed by atoms with Gasteiger partial charge in [0.2, 0.25) is 5.91 Å². The maximum Gasteiger partial charge on any atom is 0.285 e. The van der Waals surface area contributed by atoms with Crippen molar-refractivity contribution in [2.75, 3.05) is 0 Å². The molecule has 5 nitrogen and oxygen atoms in total. The third-order valence-corrected chi connectivity index (χ3v) is 6.44. The van der Waals surface area contributed by atoms with Crippen molar-refractivity contribution < 1.29 is 14.3 Å². The molecule has 0 unspecified atom stereocenters. The van der Waals surface area contributed by atoms with Crippen LogP contribution in [0.5, 0.6) is 5.75 Å². The third kappa shape index (κ3) is 6.01. The highest BCUT2D eigenvalue weighted by Gasteiger charge is 2.33. The zero-order valence-electron chi connectivity index (χ0n) is 17.4. The van der Waals surface area contributed by atoms with E-state index in [1.807, 2.05) is 78.9 Å². The highest BCUT2D eigenvalue weighted by atomic mass is 35.5. The lowest BCUT2D eigenvalue weighted by molar-refractivity contribution is -0.132. The summed E-state index contributed by atoms with van der Waals surface area (Å²) in [6, 6.07) is 24.2. The molecule has 0 aromatic heterocycles. The van der Waals surface area contributed by atoms with Crippen molar-refractivity contribution in [1.82, 2.24) is 10.4 Å². The van der Waals surface area contributed by atoms with Crippen LogP contribution in [0.25, 0.3) is 6.08 Å².